The number of hydrogen-bond donors (Lipinski definition) is 1. The van der Waals surface area contributed by atoms with Gasteiger partial charge < -0.3 is 10.1 Å². The molecule has 0 atom stereocenters. The van der Waals surface area contributed by atoms with Crippen molar-refractivity contribution in [1.29, 1.82) is 0 Å². The maximum absolute atomic E-state index is 10.7. The molecule has 84 valence electrons. The van der Waals surface area contributed by atoms with Gasteiger partial charge in [-0.05, 0) is 0 Å². The SMILES string of the molecule is CC.CCC(=O)COCCNC(C)=O. The fraction of sp³-hybridized carbons (Fsp3) is 0.800. The van der Waals surface area contributed by atoms with Crippen LogP contribution in [0.4, 0.5) is 0 Å². The van der Waals surface area contributed by atoms with Crippen LogP contribution in [0.3, 0.4) is 0 Å². The topological polar surface area (TPSA) is 55.4 Å². The highest BCUT2D eigenvalue weighted by atomic mass is 16.5. The second-order valence-corrected chi connectivity index (χ2v) is 2.43. The molecule has 1 amide bonds. The third-order valence-electron chi connectivity index (χ3n) is 1.28. The van der Waals surface area contributed by atoms with Crippen molar-refractivity contribution in [2.45, 2.75) is 34.1 Å². The maximum Gasteiger partial charge on any atom is 0.216 e. The van der Waals surface area contributed by atoms with E-state index in [1.54, 1.807) is 6.92 Å². The summed E-state index contributed by atoms with van der Waals surface area (Å²) in [6, 6.07) is 0. The molecular formula is C10H21NO3. The molecule has 4 heteroatoms. The monoisotopic (exact) mass is 203 g/mol. The first-order valence-corrected chi connectivity index (χ1v) is 5.00. The van der Waals surface area contributed by atoms with Crippen molar-refractivity contribution >= 4 is 11.7 Å². The highest BCUT2D eigenvalue weighted by Crippen LogP contribution is 1.82. The van der Waals surface area contributed by atoms with Gasteiger partial charge >= 0.3 is 0 Å². The molecule has 1 N–H and O–H groups in total. The number of rotatable bonds is 6. The quantitative estimate of drug-likeness (QED) is 0.659. The van der Waals surface area contributed by atoms with Gasteiger partial charge in [0.25, 0.3) is 0 Å². The van der Waals surface area contributed by atoms with Crippen molar-refractivity contribution in [2.75, 3.05) is 19.8 Å². The molecule has 0 heterocycles. The van der Waals surface area contributed by atoms with Crippen LogP contribution < -0.4 is 5.32 Å². The minimum absolute atomic E-state index is 0.0813. The minimum Gasteiger partial charge on any atom is -0.372 e. The normalized spacial score (nSPS) is 8.57. The molecule has 0 aliphatic rings. The number of Topliss-reactive ketones (excluding diaryl/α,β-unsaturated/α-hetero) is 1. The summed E-state index contributed by atoms with van der Waals surface area (Å²) in [5, 5.41) is 2.56. The Morgan fingerprint density at radius 3 is 2.29 bits per heavy atom. The molecular weight excluding hydrogens is 182 g/mol. The molecule has 0 rings (SSSR count). The first-order valence-electron chi connectivity index (χ1n) is 5.00. The number of carbonyl (C=O) groups excluding carboxylic acids is 2. The van der Waals surface area contributed by atoms with Gasteiger partial charge in [0.05, 0.1) is 6.61 Å². The third-order valence-corrected chi connectivity index (χ3v) is 1.28. The summed E-state index contributed by atoms with van der Waals surface area (Å²) in [6.07, 6.45) is 0.500. The second-order valence-electron chi connectivity index (χ2n) is 2.43. The molecule has 0 aliphatic carbocycles. The Hall–Kier alpha value is -0.900. The van der Waals surface area contributed by atoms with Gasteiger partial charge in [-0.2, -0.15) is 0 Å². The van der Waals surface area contributed by atoms with Crippen molar-refractivity contribution in [3.05, 3.63) is 0 Å². The standard InChI is InChI=1S/C8H15NO3.C2H6/c1-3-8(11)6-12-5-4-9-7(2)10;1-2/h3-6H2,1-2H3,(H,9,10);1-2H3. The molecule has 0 bridgehead atoms. The summed E-state index contributed by atoms with van der Waals surface area (Å²) in [5.41, 5.74) is 0. The first kappa shape index (κ1) is 15.6. The van der Waals surface area contributed by atoms with E-state index >= 15 is 0 Å². The number of nitrogens with one attached hydrogen (secondary N) is 1. The molecule has 0 saturated heterocycles. The van der Waals surface area contributed by atoms with Gasteiger partial charge in [0, 0.05) is 19.9 Å². The smallest absolute Gasteiger partial charge is 0.216 e. The Kier molecular flexibility index (Phi) is 13.5. The van der Waals surface area contributed by atoms with E-state index in [4.69, 9.17) is 4.74 Å². The lowest BCUT2D eigenvalue weighted by molar-refractivity contribution is -0.123. The molecule has 0 aromatic heterocycles. The van der Waals surface area contributed by atoms with Crippen LogP contribution in [-0.4, -0.2) is 31.4 Å². The zero-order valence-electron chi connectivity index (χ0n) is 9.55. The third kappa shape index (κ3) is 13.7. The van der Waals surface area contributed by atoms with Crippen LogP contribution in [0.1, 0.15) is 34.1 Å². The Balaban J connectivity index is 0. The maximum atomic E-state index is 10.7. The number of amides is 1. The Labute approximate surface area is 86.0 Å². The highest BCUT2D eigenvalue weighted by molar-refractivity contribution is 5.79. The van der Waals surface area contributed by atoms with Crippen LogP contribution in [0.2, 0.25) is 0 Å². The van der Waals surface area contributed by atoms with Crippen LogP contribution in [0, 0.1) is 0 Å². The van der Waals surface area contributed by atoms with Crippen molar-refractivity contribution in [3.63, 3.8) is 0 Å². The lowest BCUT2D eigenvalue weighted by Gasteiger charge is -2.02. The first-order chi connectivity index (χ1) is 6.66. The lowest BCUT2D eigenvalue weighted by atomic mass is 10.3. The Morgan fingerprint density at radius 2 is 1.86 bits per heavy atom. The van der Waals surface area contributed by atoms with E-state index in [9.17, 15) is 9.59 Å². The number of ether oxygens (including phenoxy) is 1. The lowest BCUT2D eigenvalue weighted by Crippen LogP contribution is -2.25. The van der Waals surface area contributed by atoms with Gasteiger partial charge in [0.1, 0.15) is 6.61 Å². The number of carbonyl (C=O) groups is 2. The fourth-order valence-corrected chi connectivity index (χ4v) is 0.587. The molecule has 14 heavy (non-hydrogen) atoms. The summed E-state index contributed by atoms with van der Waals surface area (Å²) in [7, 11) is 0. The molecule has 0 aromatic rings. The largest absolute Gasteiger partial charge is 0.372 e. The Morgan fingerprint density at radius 1 is 1.29 bits per heavy atom. The van der Waals surface area contributed by atoms with E-state index in [1.807, 2.05) is 13.8 Å². The number of hydrogen-bond acceptors (Lipinski definition) is 3. The molecule has 0 radical (unpaired) electrons. The van der Waals surface area contributed by atoms with Gasteiger partial charge in [0.2, 0.25) is 5.91 Å². The average Bonchev–Trinajstić information content (AvgIpc) is 2.19. The zero-order valence-corrected chi connectivity index (χ0v) is 9.55. The minimum atomic E-state index is -0.0829. The Bertz CT molecular complexity index is 157. The molecule has 0 unspecified atom stereocenters. The van der Waals surface area contributed by atoms with Gasteiger partial charge in [-0.15, -0.1) is 0 Å². The summed E-state index contributed by atoms with van der Waals surface area (Å²) in [4.78, 5) is 21.1. The molecule has 0 spiro atoms. The molecule has 4 nitrogen and oxygen atoms in total. The molecule has 0 aromatic carbocycles. The van der Waals surface area contributed by atoms with E-state index in [2.05, 4.69) is 5.32 Å². The van der Waals surface area contributed by atoms with Gasteiger partial charge in [-0.3, -0.25) is 9.59 Å². The zero-order chi connectivity index (χ0) is 11.4. The van der Waals surface area contributed by atoms with E-state index in [1.165, 1.54) is 6.92 Å². The summed E-state index contributed by atoms with van der Waals surface area (Å²) in [5.74, 6) is -0.00163. The van der Waals surface area contributed by atoms with Crippen molar-refractivity contribution in [3.8, 4) is 0 Å². The van der Waals surface area contributed by atoms with Gasteiger partial charge in [-0.1, -0.05) is 20.8 Å². The highest BCUT2D eigenvalue weighted by Gasteiger charge is 1.97. The van der Waals surface area contributed by atoms with Crippen LogP contribution in [0.15, 0.2) is 0 Å². The molecule has 0 fully saturated rings. The summed E-state index contributed by atoms with van der Waals surface area (Å²) >= 11 is 0. The second kappa shape index (κ2) is 12.1. The van der Waals surface area contributed by atoms with E-state index in [0.717, 1.165) is 0 Å². The average molecular weight is 203 g/mol. The van der Waals surface area contributed by atoms with E-state index in [-0.39, 0.29) is 18.3 Å². The summed E-state index contributed by atoms with van der Waals surface area (Å²) < 4.78 is 4.97. The predicted molar refractivity (Wildman–Crippen MR) is 56.1 cm³/mol. The van der Waals surface area contributed by atoms with Crippen LogP contribution in [-0.2, 0) is 14.3 Å². The molecule has 0 aliphatic heterocycles. The van der Waals surface area contributed by atoms with Gasteiger partial charge in [-0.25, -0.2) is 0 Å². The summed E-state index contributed by atoms with van der Waals surface area (Å²) in [6.45, 7) is 8.24. The predicted octanol–water partition coefficient (Wildman–Crippen LogP) is 1.14. The number of ketones is 1. The fourth-order valence-electron chi connectivity index (χ4n) is 0.587. The van der Waals surface area contributed by atoms with Crippen LogP contribution in [0.25, 0.3) is 0 Å². The van der Waals surface area contributed by atoms with Gasteiger partial charge in [0.15, 0.2) is 5.78 Å². The van der Waals surface area contributed by atoms with Crippen molar-refractivity contribution in [2.24, 2.45) is 0 Å². The van der Waals surface area contributed by atoms with Crippen LogP contribution in [0.5, 0.6) is 0 Å². The van der Waals surface area contributed by atoms with Crippen molar-refractivity contribution < 1.29 is 14.3 Å². The van der Waals surface area contributed by atoms with E-state index < -0.39 is 0 Å². The molecule has 0 saturated carbocycles. The van der Waals surface area contributed by atoms with Crippen LogP contribution >= 0.6 is 0 Å². The van der Waals surface area contributed by atoms with Crippen molar-refractivity contribution in [1.82, 2.24) is 5.32 Å². The van der Waals surface area contributed by atoms with E-state index in [0.29, 0.717) is 19.6 Å².